The third kappa shape index (κ3) is 3.56. The molecular formula is C13H18N2O4S. The molecule has 1 saturated heterocycles. The molecule has 1 heterocycles. The lowest BCUT2D eigenvalue weighted by Crippen LogP contribution is -2.42. The molecule has 1 amide bonds. The lowest BCUT2D eigenvalue weighted by atomic mass is 9.98. The van der Waals surface area contributed by atoms with Gasteiger partial charge in [0.1, 0.15) is 0 Å². The number of nitrogens with zero attached hydrogens (tertiary/aromatic N) is 1. The Kier molecular flexibility index (Phi) is 4.74. The van der Waals surface area contributed by atoms with E-state index in [1.54, 1.807) is 17.6 Å². The van der Waals surface area contributed by atoms with Gasteiger partial charge in [-0.25, -0.2) is 18.2 Å². The molecule has 1 fully saturated rings. The van der Waals surface area contributed by atoms with Gasteiger partial charge in [0, 0.05) is 19.0 Å². The number of hydroxylamine groups is 1. The van der Waals surface area contributed by atoms with Crippen LogP contribution >= 0.6 is 0 Å². The van der Waals surface area contributed by atoms with Gasteiger partial charge in [-0.1, -0.05) is 30.3 Å². The predicted octanol–water partition coefficient (Wildman–Crippen LogP) is 0.734. The smallest absolute Gasteiger partial charge is 0.246 e. The molecule has 6 nitrogen and oxygen atoms in total. The fourth-order valence-corrected chi connectivity index (χ4v) is 3.93. The number of piperidine rings is 1. The van der Waals surface area contributed by atoms with E-state index in [1.165, 1.54) is 4.31 Å². The van der Waals surface area contributed by atoms with Crippen LogP contribution in [0.5, 0.6) is 0 Å². The lowest BCUT2D eigenvalue weighted by Gasteiger charge is -2.30. The summed E-state index contributed by atoms with van der Waals surface area (Å²) < 4.78 is 26.0. The van der Waals surface area contributed by atoms with Crippen molar-refractivity contribution in [3.8, 4) is 0 Å². The molecule has 0 unspecified atom stereocenters. The number of hydrogen-bond donors (Lipinski definition) is 2. The van der Waals surface area contributed by atoms with Gasteiger partial charge in [0.25, 0.3) is 0 Å². The predicted molar refractivity (Wildman–Crippen MR) is 73.3 cm³/mol. The van der Waals surface area contributed by atoms with Crippen molar-refractivity contribution in [3.05, 3.63) is 35.9 Å². The first-order valence-electron chi connectivity index (χ1n) is 6.48. The van der Waals surface area contributed by atoms with Crippen LogP contribution in [0.15, 0.2) is 30.3 Å². The number of carbonyl (C=O) groups excluding carboxylic acids is 1. The quantitative estimate of drug-likeness (QED) is 0.634. The first-order valence-corrected chi connectivity index (χ1v) is 8.09. The number of amides is 1. The van der Waals surface area contributed by atoms with Gasteiger partial charge >= 0.3 is 0 Å². The summed E-state index contributed by atoms with van der Waals surface area (Å²) in [5, 5.41) is 8.58. The second-order valence-corrected chi connectivity index (χ2v) is 6.86. The molecule has 7 heteroatoms. The molecule has 0 spiro atoms. The van der Waals surface area contributed by atoms with Crippen LogP contribution in [0.2, 0.25) is 0 Å². The maximum absolute atomic E-state index is 12.3. The molecule has 110 valence electrons. The summed E-state index contributed by atoms with van der Waals surface area (Å²) in [6.45, 7) is 0.626. The summed E-state index contributed by atoms with van der Waals surface area (Å²) >= 11 is 0. The zero-order chi connectivity index (χ0) is 14.6. The molecule has 1 aliphatic heterocycles. The molecule has 1 aromatic rings. The van der Waals surface area contributed by atoms with Gasteiger partial charge < -0.3 is 0 Å². The Hall–Kier alpha value is -1.44. The third-order valence-corrected chi connectivity index (χ3v) is 5.37. The van der Waals surface area contributed by atoms with Crippen LogP contribution in [0.4, 0.5) is 0 Å². The molecule has 2 N–H and O–H groups in total. The summed E-state index contributed by atoms with van der Waals surface area (Å²) in [5.74, 6) is -0.779. The topological polar surface area (TPSA) is 86.7 Å². The minimum absolute atomic E-state index is 0.0231. The zero-order valence-electron chi connectivity index (χ0n) is 11.0. The van der Waals surface area contributed by atoms with E-state index in [9.17, 15) is 13.2 Å². The van der Waals surface area contributed by atoms with Crippen molar-refractivity contribution in [1.29, 1.82) is 0 Å². The molecule has 2 rings (SSSR count). The van der Waals surface area contributed by atoms with Crippen LogP contribution in [-0.2, 0) is 20.6 Å². The second kappa shape index (κ2) is 6.34. The van der Waals surface area contributed by atoms with Gasteiger partial charge in [0.15, 0.2) is 0 Å². The largest absolute Gasteiger partial charge is 0.289 e. The maximum atomic E-state index is 12.3. The molecule has 0 aliphatic carbocycles. The van der Waals surface area contributed by atoms with Gasteiger partial charge in [-0.15, -0.1) is 0 Å². The second-order valence-electron chi connectivity index (χ2n) is 4.89. The van der Waals surface area contributed by atoms with E-state index in [1.807, 2.05) is 18.2 Å². The van der Waals surface area contributed by atoms with Crippen LogP contribution in [0.1, 0.15) is 18.4 Å². The summed E-state index contributed by atoms with van der Waals surface area (Å²) in [6.07, 6.45) is 0.862. The Bertz CT molecular complexity index is 551. The molecular weight excluding hydrogens is 280 g/mol. The highest BCUT2D eigenvalue weighted by Gasteiger charge is 2.30. The molecule has 0 radical (unpaired) electrons. The molecule has 0 aromatic heterocycles. The van der Waals surface area contributed by atoms with E-state index in [-0.39, 0.29) is 11.7 Å². The number of benzene rings is 1. The van der Waals surface area contributed by atoms with Crippen molar-refractivity contribution in [2.75, 3.05) is 13.1 Å². The van der Waals surface area contributed by atoms with Crippen molar-refractivity contribution in [2.24, 2.45) is 5.92 Å². The van der Waals surface area contributed by atoms with Crippen LogP contribution in [0.25, 0.3) is 0 Å². The van der Waals surface area contributed by atoms with E-state index < -0.39 is 15.9 Å². The first-order chi connectivity index (χ1) is 9.53. The van der Waals surface area contributed by atoms with E-state index >= 15 is 0 Å². The summed E-state index contributed by atoms with van der Waals surface area (Å²) in [4.78, 5) is 11.3. The Morgan fingerprint density at radius 2 is 1.85 bits per heavy atom. The van der Waals surface area contributed by atoms with Gasteiger partial charge in [0.05, 0.1) is 5.75 Å². The average Bonchev–Trinajstić information content (AvgIpc) is 2.47. The number of nitrogens with one attached hydrogen (secondary N) is 1. The van der Waals surface area contributed by atoms with E-state index in [0.29, 0.717) is 25.9 Å². The van der Waals surface area contributed by atoms with E-state index in [0.717, 1.165) is 5.56 Å². The number of sulfonamides is 1. The van der Waals surface area contributed by atoms with Crippen molar-refractivity contribution in [3.63, 3.8) is 0 Å². The van der Waals surface area contributed by atoms with E-state index in [4.69, 9.17) is 5.21 Å². The first kappa shape index (κ1) is 15.0. The fourth-order valence-electron chi connectivity index (χ4n) is 2.36. The molecule has 1 aromatic carbocycles. The summed E-state index contributed by atoms with van der Waals surface area (Å²) in [5.41, 5.74) is 2.37. The highest BCUT2D eigenvalue weighted by atomic mass is 32.2. The van der Waals surface area contributed by atoms with Crippen molar-refractivity contribution in [1.82, 2.24) is 9.79 Å². The average molecular weight is 298 g/mol. The number of hydrogen-bond acceptors (Lipinski definition) is 4. The lowest BCUT2D eigenvalue weighted by molar-refractivity contribution is -0.134. The highest BCUT2D eigenvalue weighted by Crippen LogP contribution is 2.21. The van der Waals surface area contributed by atoms with Crippen LogP contribution in [0.3, 0.4) is 0 Å². The highest BCUT2D eigenvalue weighted by molar-refractivity contribution is 7.88. The minimum Gasteiger partial charge on any atom is -0.289 e. The third-order valence-electron chi connectivity index (χ3n) is 3.52. The Labute approximate surface area is 118 Å². The minimum atomic E-state index is -3.35. The van der Waals surface area contributed by atoms with E-state index in [2.05, 4.69) is 0 Å². The molecule has 20 heavy (non-hydrogen) atoms. The fraction of sp³-hybridized carbons (Fsp3) is 0.462. The van der Waals surface area contributed by atoms with Crippen molar-refractivity contribution >= 4 is 15.9 Å². The van der Waals surface area contributed by atoms with Crippen LogP contribution in [-0.4, -0.2) is 36.9 Å². The van der Waals surface area contributed by atoms with Crippen LogP contribution < -0.4 is 5.48 Å². The van der Waals surface area contributed by atoms with Gasteiger partial charge in [-0.2, -0.15) is 0 Å². The van der Waals surface area contributed by atoms with Gasteiger partial charge in [0.2, 0.25) is 15.9 Å². The zero-order valence-corrected chi connectivity index (χ0v) is 11.8. The molecule has 0 atom stereocenters. The number of rotatable bonds is 4. The Morgan fingerprint density at radius 1 is 1.25 bits per heavy atom. The van der Waals surface area contributed by atoms with Gasteiger partial charge in [-0.05, 0) is 18.4 Å². The number of carbonyl (C=O) groups is 1. The molecule has 0 bridgehead atoms. The monoisotopic (exact) mass is 298 g/mol. The van der Waals surface area contributed by atoms with Crippen LogP contribution in [0, 0.1) is 5.92 Å². The molecule has 1 aliphatic rings. The van der Waals surface area contributed by atoms with Gasteiger partial charge in [-0.3, -0.25) is 10.0 Å². The maximum Gasteiger partial charge on any atom is 0.246 e. The SMILES string of the molecule is O=C(NO)C1CCN(S(=O)(=O)Cc2ccccc2)CC1. The summed E-state index contributed by atoms with van der Waals surface area (Å²) in [6, 6.07) is 9.02. The summed E-state index contributed by atoms with van der Waals surface area (Å²) in [7, 11) is -3.35. The molecule has 0 saturated carbocycles. The standard InChI is InChI=1S/C13H18N2O4S/c16-13(14-17)12-6-8-15(9-7-12)20(18,19)10-11-4-2-1-3-5-11/h1-5,12,17H,6-10H2,(H,14,16). The van der Waals surface area contributed by atoms with Crippen molar-refractivity contribution in [2.45, 2.75) is 18.6 Å². The Balaban J connectivity index is 1.97. The Morgan fingerprint density at radius 3 is 2.40 bits per heavy atom. The van der Waals surface area contributed by atoms with Crippen molar-refractivity contribution < 1.29 is 18.4 Å². The normalized spacial score (nSPS) is 17.9.